The van der Waals surface area contributed by atoms with Crippen LogP contribution in [0.15, 0.2) is 36.7 Å². The van der Waals surface area contributed by atoms with Crippen molar-refractivity contribution in [2.75, 3.05) is 6.54 Å². The van der Waals surface area contributed by atoms with Crippen LogP contribution in [0, 0.1) is 10.1 Å². The number of aromatic nitrogens is 2. The van der Waals surface area contributed by atoms with Crippen molar-refractivity contribution in [2.45, 2.75) is 19.2 Å². The lowest BCUT2D eigenvalue weighted by Crippen LogP contribution is -2.30. The van der Waals surface area contributed by atoms with Crippen molar-refractivity contribution >= 4 is 17.3 Å². The van der Waals surface area contributed by atoms with Crippen molar-refractivity contribution in [2.24, 2.45) is 0 Å². The summed E-state index contributed by atoms with van der Waals surface area (Å²) in [7, 11) is 0. The summed E-state index contributed by atoms with van der Waals surface area (Å²) in [6.45, 7) is 1.16. The third-order valence-corrected chi connectivity index (χ3v) is 3.10. The third kappa shape index (κ3) is 4.82. The van der Waals surface area contributed by atoms with E-state index in [4.69, 9.17) is 11.6 Å². The van der Waals surface area contributed by atoms with Gasteiger partial charge < -0.3 is 10.4 Å². The zero-order chi connectivity index (χ0) is 15.2. The Morgan fingerprint density at radius 3 is 2.76 bits per heavy atom. The SMILES string of the molecule is O=[N+]([O-])c1cnn(CC(O)CNCc2ccc(Cl)cc2)c1. The van der Waals surface area contributed by atoms with Crippen molar-refractivity contribution in [3.63, 3.8) is 0 Å². The van der Waals surface area contributed by atoms with Crippen molar-refractivity contribution < 1.29 is 10.0 Å². The van der Waals surface area contributed by atoms with Crippen LogP contribution in [-0.2, 0) is 13.1 Å². The second kappa shape index (κ2) is 7.16. The normalized spacial score (nSPS) is 12.3. The molecule has 1 aromatic carbocycles. The molecule has 21 heavy (non-hydrogen) atoms. The van der Waals surface area contributed by atoms with Gasteiger partial charge >= 0.3 is 5.69 Å². The highest BCUT2D eigenvalue weighted by molar-refractivity contribution is 6.30. The minimum absolute atomic E-state index is 0.0867. The number of nitrogens with one attached hydrogen (secondary N) is 1. The predicted molar refractivity (Wildman–Crippen MR) is 78.0 cm³/mol. The van der Waals surface area contributed by atoms with E-state index < -0.39 is 11.0 Å². The van der Waals surface area contributed by atoms with E-state index in [-0.39, 0.29) is 12.2 Å². The Labute approximate surface area is 126 Å². The molecule has 2 rings (SSSR count). The summed E-state index contributed by atoms with van der Waals surface area (Å²) in [6, 6.07) is 7.41. The van der Waals surface area contributed by atoms with Gasteiger partial charge in [-0.05, 0) is 17.7 Å². The summed E-state index contributed by atoms with van der Waals surface area (Å²) in [5.41, 5.74) is 0.970. The van der Waals surface area contributed by atoms with Gasteiger partial charge in [0.1, 0.15) is 12.4 Å². The summed E-state index contributed by atoms with van der Waals surface area (Å²) >= 11 is 5.79. The minimum atomic E-state index is -0.684. The second-order valence-corrected chi connectivity index (χ2v) is 5.03. The number of nitro groups is 1. The van der Waals surface area contributed by atoms with Crippen LogP contribution in [0.5, 0.6) is 0 Å². The number of halogens is 1. The molecule has 7 nitrogen and oxygen atoms in total. The number of aliphatic hydroxyl groups excluding tert-OH is 1. The number of hydrogen-bond acceptors (Lipinski definition) is 5. The Kier molecular flexibility index (Phi) is 5.26. The monoisotopic (exact) mass is 310 g/mol. The van der Waals surface area contributed by atoms with Gasteiger partial charge in [0.25, 0.3) is 0 Å². The highest BCUT2D eigenvalue weighted by Gasteiger charge is 2.11. The number of aliphatic hydroxyl groups is 1. The molecular weight excluding hydrogens is 296 g/mol. The van der Waals surface area contributed by atoms with Gasteiger partial charge in [-0.1, -0.05) is 23.7 Å². The van der Waals surface area contributed by atoms with Crippen molar-refractivity contribution in [3.05, 3.63) is 57.4 Å². The minimum Gasteiger partial charge on any atom is -0.390 e. The molecule has 0 saturated heterocycles. The molecule has 0 fully saturated rings. The number of hydrogen-bond donors (Lipinski definition) is 2. The summed E-state index contributed by atoms with van der Waals surface area (Å²) < 4.78 is 1.35. The van der Waals surface area contributed by atoms with Crippen molar-refractivity contribution in [3.8, 4) is 0 Å². The first kappa shape index (κ1) is 15.4. The van der Waals surface area contributed by atoms with Crippen LogP contribution < -0.4 is 5.32 Å². The molecule has 0 amide bonds. The van der Waals surface area contributed by atoms with E-state index in [1.165, 1.54) is 10.9 Å². The first-order valence-electron chi connectivity index (χ1n) is 6.34. The van der Waals surface area contributed by atoms with Gasteiger partial charge in [0.15, 0.2) is 0 Å². The van der Waals surface area contributed by atoms with E-state index in [2.05, 4.69) is 10.4 Å². The zero-order valence-corrected chi connectivity index (χ0v) is 11.9. The van der Waals surface area contributed by atoms with Gasteiger partial charge in [-0.25, -0.2) is 0 Å². The maximum Gasteiger partial charge on any atom is 0.306 e. The van der Waals surface area contributed by atoms with Crippen molar-refractivity contribution in [1.29, 1.82) is 0 Å². The van der Waals surface area contributed by atoms with E-state index in [1.54, 1.807) is 12.1 Å². The zero-order valence-electron chi connectivity index (χ0n) is 11.1. The van der Waals surface area contributed by atoms with Gasteiger partial charge in [-0.3, -0.25) is 14.8 Å². The molecule has 1 heterocycles. The fourth-order valence-corrected chi connectivity index (χ4v) is 1.94. The molecule has 0 aliphatic heterocycles. The van der Waals surface area contributed by atoms with E-state index in [9.17, 15) is 15.2 Å². The largest absolute Gasteiger partial charge is 0.390 e. The molecule has 1 unspecified atom stereocenters. The Morgan fingerprint density at radius 1 is 1.43 bits per heavy atom. The Hall–Kier alpha value is -1.96. The van der Waals surface area contributed by atoms with Crippen LogP contribution in [0.1, 0.15) is 5.56 Å². The van der Waals surface area contributed by atoms with E-state index in [0.29, 0.717) is 18.1 Å². The van der Waals surface area contributed by atoms with E-state index in [0.717, 1.165) is 11.8 Å². The van der Waals surface area contributed by atoms with Crippen molar-refractivity contribution in [1.82, 2.24) is 15.1 Å². The lowest BCUT2D eigenvalue weighted by atomic mass is 10.2. The Morgan fingerprint density at radius 2 is 2.14 bits per heavy atom. The van der Waals surface area contributed by atoms with E-state index in [1.807, 2.05) is 12.1 Å². The number of rotatable bonds is 7. The van der Waals surface area contributed by atoms with Crippen LogP contribution in [-0.4, -0.2) is 32.5 Å². The summed E-state index contributed by atoms with van der Waals surface area (Å²) in [5, 5.41) is 28.0. The third-order valence-electron chi connectivity index (χ3n) is 2.85. The fourth-order valence-electron chi connectivity index (χ4n) is 1.81. The maximum atomic E-state index is 10.5. The standard InChI is InChI=1S/C13H15ClN4O3/c14-11-3-1-10(2-4-11)5-15-7-13(19)9-17-8-12(6-16-17)18(20)21/h1-4,6,8,13,15,19H,5,7,9H2. The first-order chi connectivity index (χ1) is 10.0. The smallest absolute Gasteiger partial charge is 0.306 e. The maximum absolute atomic E-state index is 10.5. The lowest BCUT2D eigenvalue weighted by molar-refractivity contribution is -0.385. The van der Waals surface area contributed by atoms with Gasteiger partial charge in [0, 0.05) is 18.1 Å². The molecule has 8 heteroatoms. The molecule has 0 aliphatic carbocycles. The van der Waals surface area contributed by atoms with Crippen LogP contribution in [0.4, 0.5) is 5.69 Å². The summed E-state index contributed by atoms with van der Waals surface area (Å²) in [4.78, 5) is 10.0. The number of nitrogens with zero attached hydrogens (tertiary/aromatic N) is 3. The highest BCUT2D eigenvalue weighted by atomic mass is 35.5. The molecule has 0 aliphatic rings. The van der Waals surface area contributed by atoms with Crippen LogP contribution in [0.2, 0.25) is 5.02 Å². The van der Waals surface area contributed by atoms with Gasteiger partial charge in [-0.2, -0.15) is 5.10 Å². The molecule has 0 saturated carbocycles. The molecule has 2 N–H and O–H groups in total. The molecule has 0 spiro atoms. The number of benzene rings is 1. The highest BCUT2D eigenvalue weighted by Crippen LogP contribution is 2.09. The fraction of sp³-hybridized carbons (Fsp3) is 0.308. The van der Waals surface area contributed by atoms with Crippen LogP contribution in [0.3, 0.4) is 0 Å². The molecule has 112 valence electrons. The average Bonchev–Trinajstić information content (AvgIpc) is 2.90. The summed E-state index contributed by atoms with van der Waals surface area (Å²) in [5.74, 6) is 0. The quantitative estimate of drug-likeness (QED) is 0.598. The Bertz CT molecular complexity index is 600. The molecule has 1 aromatic heterocycles. The van der Waals surface area contributed by atoms with E-state index >= 15 is 0 Å². The molecular formula is C13H15ClN4O3. The average molecular weight is 311 g/mol. The molecule has 2 aromatic rings. The molecule has 1 atom stereocenters. The van der Waals surface area contributed by atoms with Gasteiger partial charge in [-0.15, -0.1) is 0 Å². The molecule has 0 radical (unpaired) electrons. The van der Waals surface area contributed by atoms with Gasteiger partial charge in [0.05, 0.1) is 17.6 Å². The van der Waals surface area contributed by atoms with Crippen LogP contribution >= 0.6 is 11.6 Å². The first-order valence-corrected chi connectivity index (χ1v) is 6.72. The summed E-state index contributed by atoms with van der Waals surface area (Å²) in [6.07, 6.45) is 1.77. The topological polar surface area (TPSA) is 93.2 Å². The van der Waals surface area contributed by atoms with Gasteiger partial charge in [0.2, 0.25) is 0 Å². The predicted octanol–water partition coefficient (Wildman–Crippen LogP) is 1.60. The van der Waals surface area contributed by atoms with Crippen LogP contribution in [0.25, 0.3) is 0 Å². The molecule has 0 bridgehead atoms. The second-order valence-electron chi connectivity index (χ2n) is 4.59. The lowest BCUT2D eigenvalue weighted by Gasteiger charge is -2.11. The Balaban J connectivity index is 1.75.